The van der Waals surface area contributed by atoms with Crippen LogP contribution in [0.2, 0.25) is 0 Å². The predicted octanol–water partition coefficient (Wildman–Crippen LogP) is 4.18. The highest BCUT2D eigenvalue weighted by Crippen LogP contribution is 2.21. The lowest BCUT2D eigenvalue weighted by Gasteiger charge is -2.05. The number of unbranched alkanes of at least 4 members (excludes halogenated alkanes) is 1. The monoisotopic (exact) mass is 190 g/mol. The number of hydrogen-bond donors (Lipinski definition) is 0. The van der Waals surface area contributed by atoms with E-state index < -0.39 is 0 Å². The van der Waals surface area contributed by atoms with Crippen LogP contribution in [0.15, 0.2) is 36.6 Å². The number of allylic oxidation sites excluding steroid dienone is 1. The first kappa shape index (κ1) is 10.7. The summed E-state index contributed by atoms with van der Waals surface area (Å²) in [6, 6.07) is 6.78. The molecule has 0 radical (unpaired) electrons. The van der Waals surface area contributed by atoms with Crippen molar-refractivity contribution < 1.29 is 4.39 Å². The zero-order valence-corrected chi connectivity index (χ0v) is 8.52. The molecule has 74 valence electrons. The second-order valence-corrected chi connectivity index (χ2v) is 3.24. The van der Waals surface area contributed by atoms with Crippen LogP contribution in [0.1, 0.15) is 31.7 Å². The smallest absolute Gasteiger partial charge is 0.131 e. The zero-order valence-electron chi connectivity index (χ0n) is 8.52. The summed E-state index contributed by atoms with van der Waals surface area (Å²) in [6.07, 6.45) is 2.99. The third-order valence-electron chi connectivity index (χ3n) is 2.19. The Morgan fingerprint density at radius 2 is 2.14 bits per heavy atom. The van der Waals surface area contributed by atoms with Gasteiger partial charge in [0.2, 0.25) is 0 Å². The van der Waals surface area contributed by atoms with E-state index in [1.807, 2.05) is 6.07 Å². The van der Waals surface area contributed by atoms with E-state index in [2.05, 4.69) is 19.2 Å². The molecule has 0 aliphatic heterocycles. The molecule has 0 aliphatic carbocycles. The molecule has 14 heavy (non-hydrogen) atoms. The Morgan fingerprint density at radius 3 is 2.71 bits per heavy atom. The van der Waals surface area contributed by atoms with Gasteiger partial charge in [0.05, 0.1) is 0 Å². The lowest BCUT2D eigenvalue weighted by Crippen LogP contribution is -1.88. The Bertz CT molecular complexity index is 346. The molecule has 0 aliphatic rings. The molecule has 1 aromatic rings. The van der Waals surface area contributed by atoms with Crippen LogP contribution in [-0.4, -0.2) is 0 Å². The van der Waals surface area contributed by atoms with Crippen LogP contribution >= 0.6 is 0 Å². The molecule has 0 heterocycles. The number of hydrogen-bond acceptors (Lipinski definition) is 0. The van der Waals surface area contributed by atoms with E-state index in [0.717, 1.165) is 24.8 Å². The van der Waals surface area contributed by atoms with E-state index in [9.17, 15) is 4.39 Å². The van der Waals surface area contributed by atoms with Crippen molar-refractivity contribution in [2.45, 2.75) is 26.2 Å². The zero-order chi connectivity index (χ0) is 10.4. The quantitative estimate of drug-likeness (QED) is 0.625. The summed E-state index contributed by atoms with van der Waals surface area (Å²) in [5, 5.41) is 0. The largest absolute Gasteiger partial charge is 0.206 e. The second-order valence-electron chi connectivity index (χ2n) is 3.24. The normalized spacial score (nSPS) is 9.57. The summed E-state index contributed by atoms with van der Waals surface area (Å²) in [7, 11) is 0. The van der Waals surface area contributed by atoms with Gasteiger partial charge in [-0.15, -0.1) is 5.73 Å². The highest BCUT2D eigenvalue weighted by atomic mass is 19.1. The first-order valence-corrected chi connectivity index (χ1v) is 4.93. The maximum Gasteiger partial charge on any atom is 0.131 e. The van der Waals surface area contributed by atoms with Gasteiger partial charge < -0.3 is 0 Å². The summed E-state index contributed by atoms with van der Waals surface area (Å²) in [5.74, 6) is -0.185. The molecular formula is C13H15F. The van der Waals surface area contributed by atoms with Crippen LogP contribution in [0.25, 0.3) is 5.57 Å². The first-order valence-electron chi connectivity index (χ1n) is 4.93. The fraction of sp³-hybridized carbons (Fsp3) is 0.308. The summed E-state index contributed by atoms with van der Waals surface area (Å²) < 4.78 is 13.4. The standard InChI is InChI=1S/C13H15F/c1-3-5-8-11(4-2)12-9-6-7-10-13(12)14/h6-7,9-10H,2-3,5,8H2,1H3. The van der Waals surface area contributed by atoms with Crippen molar-refractivity contribution in [3.63, 3.8) is 0 Å². The minimum atomic E-state index is -0.185. The first-order chi connectivity index (χ1) is 6.79. The molecular weight excluding hydrogens is 175 g/mol. The predicted molar refractivity (Wildman–Crippen MR) is 58.5 cm³/mol. The molecule has 0 aromatic heterocycles. The highest BCUT2D eigenvalue weighted by molar-refractivity contribution is 5.64. The van der Waals surface area contributed by atoms with Crippen LogP contribution in [0.3, 0.4) is 0 Å². The van der Waals surface area contributed by atoms with Crippen molar-refractivity contribution in [3.8, 4) is 0 Å². The molecule has 1 aromatic carbocycles. The fourth-order valence-electron chi connectivity index (χ4n) is 1.38. The molecule has 0 amide bonds. The summed E-state index contributed by atoms with van der Waals surface area (Å²) in [6.45, 7) is 5.72. The van der Waals surface area contributed by atoms with Gasteiger partial charge in [0.25, 0.3) is 0 Å². The number of rotatable bonds is 4. The van der Waals surface area contributed by atoms with E-state index in [4.69, 9.17) is 0 Å². The molecule has 0 bridgehead atoms. The molecule has 0 spiro atoms. The van der Waals surface area contributed by atoms with E-state index in [0.29, 0.717) is 5.56 Å². The van der Waals surface area contributed by atoms with Gasteiger partial charge in [-0.05, 0) is 18.9 Å². The Labute approximate surface area is 84.8 Å². The van der Waals surface area contributed by atoms with Crippen molar-refractivity contribution in [1.82, 2.24) is 0 Å². The molecule has 0 saturated heterocycles. The molecule has 0 fully saturated rings. The fourth-order valence-corrected chi connectivity index (χ4v) is 1.38. The van der Waals surface area contributed by atoms with E-state index in [1.54, 1.807) is 12.1 Å². The molecule has 1 heteroatoms. The molecule has 1 rings (SSSR count). The maximum atomic E-state index is 13.4. The van der Waals surface area contributed by atoms with Gasteiger partial charge in [0.15, 0.2) is 0 Å². The Hall–Kier alpha value is -1.33. The van der Waals surface area contributed by atoms with Gasteiger partial charge in [0, 0.05) is 11.1 Å². The molecule has 0 atom stereocenters. The maximum absolute atomic E-state index is 13.4. The van der Waals surface area contributed by atoms with Crippen LogP contribution in [0, 0.1) is 5.82 Å². The van der Waals surface area contributed by atoms with Crippen LogP contribution in [0.5, 0.6) is 0 Å². The molecule has 0 nitrogen and oxygen atoms in total. The summed E-state index contributed by atoms with van der Waals surface area (Å²) in [4.78, 5) is 0. The van der Waals surface area contributed by atoms with Crippen molar-refractivity contribution in [2.75, 3.05) is 0 Å². The molecule has 0 unspecified atom stereocenters. The third kappa shape index (κ3) is 2.58. The summed E-state index contributed by atoms with van der Waals surface area (Å²) in [5.41, 5.74) is 4.34. The van der Waals surface area contributed by atoms with Gasteiger partial charge in [-0.3, -0.25) is 0 Å². The van der Waals surface area contributed by atoms with E-state index in [1.165, 1.54) is 6.07 Å². The SMILES string of the molecule is C=C=C(CCCC)c1ccccc1F. The minimum absolute atomic E-state index is 0.185. The molecule has 0 saturated carbocycles. The average Bonchev–Trinajstić information content (AvgIpc) is 2.21. The van der Waals surface area contributed by atoms with Gasteiger partial charge in [0.1, 0.15) is 5.82 Å². The van der Waals surface area contributed by atoms with E-state index in [-0.39, 0.29) is 5.82 Å². The van der Waals surface area contributed by atoms with E-state index >= 15 is 0 Å². The van der Waals surface area contributed by atoms with Crippen molar-refractivity contribution in [1.29, 1.82) is 0 Å². The van der Waals surface area contributed by atoms with Gasteiger partial charge in [-0.1, -0.05) is 38.1 Å². The Kier molecular flexibility index (Phi) is 4.15. The Morgan fingerprint density at radius 1 is 1.43 bits per heavy atom. The third-order valence-corrected chi connectivity index (χ3v) is 2.19. The van der Waals surface area contributed by atoms with Crippen LogP contribution < -0.4 is 0 Å². The molecule has 0 N–H and O–H groups in total. The number of benzene rings is 1. The van der Waals surface area contributed by atoms with Crippen LogP contribution in [-0.2, 0) is 0 Å². The topological polar surface area (TPSA) is 0 Å². The lowest BCUT2D eigenvalue weighted by atomic mass is 10.0. The summed E-state index contributed by atoms with van der Waals surface area (Å²) >= 11 is 0. The second kappa shape index (κ2) is 5.41. The van der Waals surface area contributed by atoms with Gasteiger partial charge in [-0.25, -0.2) is 4.39 Å². The van der Waals surface area contributed by atoms with Gasteiger partial charge in [-0.2, -0.15) is 0 Å². The number of halogens is 1. The van der Waals surface area contributed by atoms with Crippen molar-refractivity contribution in [3.05, 3.63) is 48.0 Å². The lowest BCUT2D eigenvalue weighted by molar-refractivity contribution is 0.622. The van der Waals surface area contributed by atoms with Gasteiger partial charge >= 0.3 is 0 Å². The minimum Gasteiger partial charge on any atom is -0.206 e. The average molecular weight is 190 g/mol. The van der Waals surface area contributed by atoms with Crippen molar-refractivity contribution in [2.24, 2.45) is 0 Å². The van der Waals surface area contributed by atoms with Crippen molar-refractivity contribution >= 4 is 5.57 Å². The highest BCUT2D eigenvalue weighted by Gasteiger charge is 2.05. The van der Waals surface area contributed by atoms with Crippen LogP contribution in [0.4, 0.5) is 4.39 Å². The Balaban J connectivity index is 2.91.